The highest BCUT2D eigenvalue weighted by molar-refractivity contribution is 5.84. The van der Waals surface area contributed by atoms with Gasteiger partial charge in [-0.15, -0.1) is 0 Å². The van der Waals surface area contributed by atoms with E-state index in [2.05, 4.69) is 61.5 Å². The smallest absolute Gasteiger partial charge is 0.227 e. The Bertz CT molecular complexity index is 1280. The van der Waals surface area contributed by atoms with Crippen LogP contribution in [0, 0.1) is 0 Å². The Kier molecular flexibility index (Phi) is 7.26. The van der Waals surface area contributed by atoms with Crippen molar-refractivity contribution in [2.75, 3.05) is 23.7 Å². The molecule has 8 heteroatoms. The molecule has 6 rings (SSSR count). The third-order valence-corrected chi connectivity index (χ3v) is 7.74. The average Bonchev–Trinajstić information content (AvgIpc) is 3.39. The fraction of sp³-hybridized carbons (Fsp3) is 0.448. The molecule has 4 aromatic rings. The molecule has 1 aromatic carbocycles. The number of aromatic nitrogens is 5. The Morgan fingerprint density at radius 3 is 2.46 bits per heavy atom. The number of rotatable bonds is 8. The number of nitrogens with one attached hydrogen (secondary N) is 2. The monoisotopic (exact) mass is 496 g/mol. The number of fused-ring (bicyclic) bond motifs is 1. The van der Waals surface area contributed by atoms with E-state index in [1.807, 2.05) is 18.6 Å². The lowest BCUT2D eigenvalue weighted by Gasteiger charge is -2.32. The van der Waals surface area contributed by atoms with Crippen molar-refractivity contribution in [3.05, 3.63) is 72.3 Å². The van der Waals surface area contributed by atoms with Gasteiger partial charge in [-0.25, -0.2) is 4.98 Å². The normalized spacial score (nSPS) is 17.7. The molecule has 0 unspecified atom stereocenters. The number of hydrogen-bond donors (Lipinski definition) is 2. The van der Waals surface area contributed by atoms with Gasteiger partial charge in [0, 0.05) is 50.7 Å². The summed E-state index contributed by atoms with van der Waals surface area (Å²) in [5.41, 5.74) is 4.29. The van der Waals surface area contributed by atoms with E-state index in [0.717, 1.165) is 55.0 Å². The lowest BCUT2D eigenvalue weighted by Crippen LogP contribution is -2.38. The Morgan fingerprint density at radius 2 is 1.68 bits per heavy atom. The van der Waals surface area contributed by atoms with Crippen molar-refractivity contribution in [3.63, 3.8) is 0 Å². The van der Waals surface area contributed by atoms with Crippen molar-refractivity contribution in [1.82, 2.24) is 29.4 Å². The zero-order chi connectivity index (χ0) is 24.9. The first kappa shape index (κ1) is 23.9. The highest BCUT2D eigenvalue weighted by Crippen LogP contribution is 2.32. The zero-order valence-electron chi connectivity index (χ0n) is 21.4. The zero-order valence-corrected chi connectivity index (χ0v) is 21.4. The molecule has 1 aliphatic carbocycles. The van der Waals surface area contributed by atoms with Gasteiger partial charge in [0.25, 0.3) is 0 Å². The second-order valence-electron chi connectivity index (χ2n) is 10.4. The summed E-state index contributed by atoms with van der Waals surface area (Å²) in [5, 5.41) is 7.19. The van der Waals surface area contributed by atoms with Gasteiger partial charge >= 0.3 is 0 Å². The van der Waals surface area contributed by atoms with Crippen LogP contribution in [0.1, 0.15) is 62.1 Å². The predicted molar refractivity (Wildman–Crippen MR) is 147 cm³/mol. The van der Waals surface area contributed by atoms with E-state index in [1.54, 1.807) is 6.20 Å². The summed E-state index contributed by atoms with van der Waals surface area (Å²) < 4.78 is 2.29. The molecule has 0 bridgehead atoms. The van der Waals surface area contributed by atoms with Crippen LogP contribution < -0.4 is 10.6 Å². The summed E-state index contributed by atoms with van der Waals surface area (Å²) in [6, 6.07) is 15.6. The van der Waals surface area contributed by atoms with Crippen molar-refractivity contribution >= 4 is 22.9 Å². The molecule has 4 heterocycles. The number of benzene rings is 1. The Labute approximate surface area is 218 Å². The third kappa shape index (κ3) is 5.74. The SMILES string of the molecule is c1ccc(CN2CCC(Nc3nc(NCc4cccnc4)nc4c3ncn4C3CCCCC3)CC2)cc1. The van der Waals surface area contributed by atoms with Crippen molar-refractivity contribution in [3.8, 4) is 0 Å². The van der Waals surface area contributed by atoms with Crippen LogP contribution in [-0.4, -0.2) is 48.5 Å². The van der Waals surface area contributed by atoms with Gasteiger partial charge in [0.2, 0.25) is 5.95 Å². The van der Waals surface area contributed by atoms with Crippen LogP contribution in [0.25, 0.3) is 11.2 Å². The molecule has 0 radical (unpaired) electrons. The summed E-state index contributed by atoms with van der Waals surface area (Å²) >= 11 is 0. The highest BCUT2D eigenvalue weighted by Gasteiger charge is 2.24. The van der Waals surface area contributed by atoms with E-state index in [-0.39, 0.29) is 0 Å². The third-order valence-electron chi connectivity index (χ3n) is 7.74. The number of imidazole rings is 1. The largest absolute Gasteiger partial charge is 0.365 e. The molecule has 0 atom stereocenters. The van der Waals surface area contributed by atoms with Gasteiger partial charge in [-0.05, 0) is 42.9 Å². The van der Waals surface area contributed by atoms with E-state index < -0.39 is 0 Å². The number of hydrogen-bond acceptors (Lipinski definition) is 7. The minimum atomic E-state index is 0.371. The maximum absolute atomic E-state index is 4.95. The van der Waals surface area contributed by atoms with Crippen LogP contribution in [-0.2, 0) is 13.1 Å². The second-order valence-corrected chi connectivity index (χ2v) is 10.4. The summed E-state index contributed by atoms with van der Waals surface area (Å²) in [6.45, 7) is 3.79. The van der Waals surface area contributed by atoms with Crippen molar-refractivity contribution < 1.29 is 0 Å². The van der Waals surface area contributed by atoms with Crippen LogP contribution in [0.4, 0.5) is 11.8 Å². The number of likely N-dealkylation sites (tertiary alicyclic amines) is 1. The molecule has 1 aliphatic heterocycles. The highest BCUT2D eigenvalue weighted by atomic mass is 15.2. The first-order valence-electron chi connectivity index (χ1n) is 13.7. The predicted octanol–water partition coefficient (Wildman–Crippen LogP) is 5.42. The van der Waals surface area contributed by atoms with Crippen LogP contribution in [0.15, 0.2) is 61.2 Å². The summed E-state index contributed by atoms with van der Waals surface area (Å²) in [5.74, 6) is 1.48. The van der Waals surface area contributed by atoms with Crippen LogP contribution >= 0.6 is 0 Å². The van der Waals surface area contributed by atoms with Gasteiger partial charge < -0.3 is 15.2 Å². The van der Waals surface area contributed by atoms with Crippen molar-refractivity contribution in [2.45, 2.75) is 70.1 Å². The van der Waals surface area contributed by atoms with E-state index >= 15 is 0 Å². The standard InChI is InChI=1S/C29H36N8/c1-3-8-22(9-4-1)20-36-16-13-24(14-17-36)33-27-26-28(37(21-32-26)25-11-5-2-6-12-25)35-29(34-27)31-19-23-10-7-15-30-18-23/h1,3-4,7-10,15,18,21,24-25H,2,5-6,11-14,16-17,19-20H2,(H2,31,33,34,35). The molecule has 2 N–H and O–H groups in total. The molecule has 1 saturated carbocycles. The number of anilines is 2. The van der Waals surface area contributed by atoms with E-state index in [9.17, 15) is 0 Å². The summed E-state index contributed by atoms with van der Waals surface area (Å²) in [6.07, 6.45) is 14.1. The minimum absolute atomic E-state index is 0.371. The van der Waals surface area contributed by atoms with Crippen LogP contribution in [0.2, 0.25) is 0 Å². The maximum Gasteiger partial charge on any atom is 0.227 e. The molecule has 2 fully saturated rings. The molecule has 37 heavy (non-hydrogen) atoms. The Morgan fingerprint density at radius 1 is 0.865 bits per heavy atom. The van der Waals surface area contributed by atoms with E-state index in [4.69, 9.17) is 15.0 Å². The number of nitrogens with zero attached hydrogens (tertiary/aromatic N) is 6. The fourth-order valence-electron chi connectivity index (χ4n) is 5.68. The van der Waals surface area contributed by atoms with Crippen molar-refractivity contribution in [1.29, 1.82) is 0 Å². The average molecular weight is 497 g/mol. The molecule has 0 amide bonds. The second kappa shape index (κ2) is 11.3. The Hall–Kier alpha value is -3.52. The Balaban J connectivity index is 1.20. The quantitative estimate of drug-likeness (QED) is 0.337. The van der Waals surface area contributed by atoms with E-state index in [0.29, 0.717) is 24.6 Å². The van der Waals surface area contributed by atoms with Crippen LogP contribution in [0.3, 0.4) is 0 Å². The summed E-state index contributed by atoms with van der Waals surface area (Å²) in [4.78, 5) is 21.4. The molecule has 192 valence electrons. The first-order valence-corrected chi connectivity index (χ1v) is 13.7. The van der Waals surface area contributed by atoms with E-state index in [1.165, 1.54) is 37.7 Å². The summed E-state index contributed by atoms with van der Waals surface area (Å²) in [7, 11) is 0. The van der Waals surface area contributed by atoms with Gasteiger partial charge in [0.15, 0.2) is 17.0 Å². The maximum atomic E-state index is 4.95. The molecular weight excluding hydrogens is 460 g/mol. The van der Waals surface area contributed by atoms with Gasteiger partial charge in [-0.2, -0.15) is 9.97 Å². The van der Waals surface area contributed by atoms with Crippen molar-refractivity contribution in [2.24, 2.45) is 0 Å². The number of piperidine rings is 1. The molecule has 0 spiro atoms. The fourth-order valence-corrected chi connectivity index (χ4v) is 5.68. The molecule has 3 aromatic heterocycles. The van der Waals surface area contributed by atoms with Gasteiger partial charge in [0.1, 0.15) is 0 Å². The molecule has 1 saturated heterocycles. The van der Waals surface area contributed by atoms with Gasteiger partial charge in [0.05, 0.1) is 6.33 Å². The van der Waals surface area contributed by atoms with Gasteiger partial charge in [-0.1, -0.05) is 55.7 Å². The minimum Gasteiger partial charge on any atom is -0.365 e. The molecule has 8 nitrogen and oxygen atoms in total. The number of pyridine rings is 1. The van der Waals surface area contributed by atoms with Crippen LogP contribution in [0.5, 0.6) is 0 Å². The van der Waals surface area contributed by atoms with Gasteiger partial charge in [-0.3, -0.25) is 9.88 Å². The molecule has 2 aliphatic rings. The lowest BCUT2D eigenvalue weighted by molar-refractivity contribution is 0.211. The lowest BCUT2D eigenvalue weighted by atomic mass is 9.95. The first-order chi connectivity index (χ1) is 18.3. The topological polar surface area (TPSA) is 83.8 Å². The molecular formula is C29H36N8.